The molecule has 1 N–H and O–H groups in total. The van der Waals surface area contributed by atoms with E-state index in [-0.39, 0.29) is 11.8 Å². The van der Waals surface area contributed by atoms with Crippen molar-refractivity contribution in [2.75, 3.05) is 23.3 Å². The van der Waals surface area contributed by atoms with E-state index < -0.39 is 0 Å². The van der Waals surface area contributed by atoms with Crippen molar-refractivity contribution in [3.63, 3.8) is 0 Å². The van der Waals surface area contributed by atoms with Crippen molar-refractivity contribution in [1.82, 2.24) is 35.3 Å². The normalized spacial score (nSPS) is 17.3. The molecule has 26 heavy (non-hydrogen) atoms. The van der Waals surface area contributed by atoms with E-state index in [1.54, 1.807) is 13.3 Å². The lowest BCUT2D eigenvalue weighted by atomic mass is 9.97. The van der Waals surface area contributed by atoms with Gasteiger partial charge in [0.25, 0.3) is 0 Å². The van der Waals surface area contributed by atoms with Crippen molar-refractivity contribution >= 4 is 17.5 Å². The number of piperidine rings is 1. The van der Waals surface area contributed by atoms with Crippen molar-refractivity contribution < 1.29 is 9.42 Å². The monoisotopic (exact) mass is 355 g/mol. The molecule has 1 saturated heterocycles. The van der Waals surface area contributed by atoms with Crippen LogP contribution in [0.3, 0.4) is 0 Å². The topological polar surface area (TPSA) is 128 Å². The maximum atomic E-state index is 12.5. The average Bonchev–Trinajstić information content (AvgIpc) is 3.35. The minimum Gasteiger partial charge on any atom is -0.354 e. The molecule has 4 rings (SSSR count). The van der Waals surface area contributed by atoms with Crippen molar-refractivity contribution in [2.45, 2.75) is 19.8 Å². The highest BCUT2D eigenvalue weighted by Crippen LogP contribution is 2.23. The Bertz CT molecular complexity index is 875. The Hall–Kier alpha value is -3.37. The van der Waals surface area contributed by atoms with Gasteiger partial charge in [-0.25, -0.2) is 14.3 Å². The van der Waals surface area contributed by atoms with Gasteiger partial charge in [0.1, 0.15) is 18.3 Å². The number of nitrogens with zero attached hydrogens (tertiary/aromatic N) is 8. The summed E-state index contributed by atoms with van der Waals surface area (Å²) in [6.07, 6.45) is 4.69. The molecule has 1 aliphatic rings. The highest BCUT2D eigenvalue weighted by molar-refractivity contribution is 5.92. The SMILES string of the molecule is Cc1nonc1NC(=O)C1CCCN(c2ccc(-n3cncn3)nn2)C1. The van der Waals surface area contributed by atoms with Crippen LogP contribution in [0.2, 0.25) is 0 Å². The number of aryl methyl sites for hydroxylation is 1. The molecule has 4 heterocycles. The summed E-state index contributed by atoms with van der Waals surface area (Å²) in [6, 6.07) is 3.70. The van der Waals surface area contributed by atoms with Crippen LogP contribution in [-0.2, 0) is 4.79 Å². The van der Waals surface area contributed by atoms with Gasteiger partial charge < -0.3 is 10.2 Å². The third kappa shape index (κ3) is 3.23. The van der Waals surface area contributed by atoms with Gasteiger partial charge in [0, 0.05) is 13.1 Å². The molecule has 11 nitrogen and oxygen atoms in total. The largest absolute Gasteiger partial charge is 0.354 e. The molecule has 0 radical (unpaired) electrons. The zero-order chi connectivity index (χ0) is 17.9. The Kier molecular flexibility index (Phi) is 4.25. The molecule has 1 unspecified atom stereocenters. The van der Waals surface area contributed by atoms with Gasteiger partial charge in [0.2, 0.25) is 5.91 Å². The van der Waals surface area contributed by atoms with Crippen LogP contribution in [0.15, 0.2) is 29.4 Å². The van der Waals surface area contributed by atoms with E-state index in [0.717, 1.165) is 25.2 Å². The first-order chi connectivity index (χ1) is 12.7. The number of hydrogen-bond acceptors (Lipinski definition) is 9. The Morgan fingerprint density at radius 3 is 2.81 bits per heavy atom. The number of carbonyl (C=O) groups excluding carboxylic acids is 1. The predicted octanol–water partition coefficient (Wildman–Crippen LogP) is 0.604. The third-order valence-electron chi connectivity index (χ3n) is 4.30. The molecule has 134 valence electrons. The average molecular weight is 355 g/mol. The molecule has 1 aliphatic heterocycles. The van der Waals surface area contributed by atoms with Gasteiger partial charge in [-0.2, -0.15) is 5.10 Å². The number of amides is 1. The fourth-order valence-electron chi connectivity index (χ4n) is 2.90. The predicted molar refractivity (Wildman–Crippen MR) is 89.6 cm³/mol. The van der Waals surface area contributed by atoms with Crippen molar-refractivity contribution in [3.8, 4) is 5.82 Å². The van der Waals surface area contributed by atoms with Crippen LogP contribution in [0.1, 0.15) is 18.5 Å². The molecule has 11 heteroatoms. The molecule has 0 spiro atoms. The van der Waals surface area contributed by atoms with E-state index >= 15 is 0 Å². The van der Waals surface area contributed by atoms with Crippen LogP contribution in [-0.4, -0.2) is 54.3 Å². The Labute approximate surface area is 148 Å². The van der Waals surface area contributed by atoms with E-state index in [9.17, 15) is 4.79 Å². The lowest BCUT2D eigenvalue weighted by Gasteiger charge is -2.32. The first-order valence-electron chi connectivity index (χ1n) is 8.24. The smallest absolute Gasteiger partial charge is 0.230 e. The molecule has 1 amide bonds. The van der Waals surface area contributed by atoms with Crippen molar-refractivity contribution in [3.05, 3.63) is 30.5 Å². The lowest BCUT2D eigenvalue weighted by Crippen LogP contribution is -2.41. The third-order valence-corrected chi connectivity index (χ3v) is 4.30. The van der Waals surface area contributed by atoms with Crippen LogP contribution in [0.5, 0.6) is 0 Å². The highest BCUT2D eigenvalue weighted by atomic mass is 16.6. The minimum atomic E-state index is -0.170. The lowest BCUT2D eigenvalue weighted by molar-refractivity contribution is -0.120. The van der Waals surface area contributed by atoms with Gasteiger partial charge in [-0.15, -0.1) is 10.2 Å². The Balaban J connectivity index is 1.43. The molecule has 1 atom stereocenters. The quantitative estimate of drug-likeness (QED) is 0.715. The first kappa shape index (κ1) is 16.1. The van der Waals surface area contributed by atoms with E-state index in [0.29, 0.717) is 23.9 Å². The number of hydrogen-bond donors (Lipinski definition) is 1. The fraction of sp³-hybridized carbons (Fsp3) is 0.400. The molecular formula is C15H17N9O2. The summed E-state index contributed by atoms with van der Waals surface area (Å²) in [5, 5.41) is 22.6. The summed E-state index contributed by atoms with van der Waals surface area (Å²) in [7, 11) is 0. The van der Waals surface area contributed by atoms with Gasteiger partial charge in [-0.1, -0.05) is 5.16 Å². The number of anilines is 2. The molecular weight excluding hydrogens is 338 g/mol. The Morgan fingerprint density at radius 2 is 2.12 bits per heavy atom. The molecule has 0 aromatic carbocycles. The molecule has 3 aromatic rings. The highest BCUT2D eigenvalue weighted by Gasteiger charge is 2.27. The maximum absolute atomic E-state index is 12.5. The van der Waals surface area contributed by atoms with Gasteiger partial charge >= 0.3 is 0 Å². The molecule has 0 bridgehead atoms. The van der Waals surface area contributed by atoms with Crippen LogP contribution >= 0.6 is 0 Å². The number of nitrogens with one attached hydrogen (secondary N) is 1. The standard InChI is InChI=1S/C15H17N9O2/c1-10-14(22-26-21-10)18-15(25)11-3-2-6-23(7-11)12-4-5-13(20-19-12)24-9-16-8-17-24/h4-5,8-9,11H,2-3,6-7H2,1H3,(H,18,22,25). The summed E-state index contributed by atoms with van der Waals surface area (Å²) in [4.78, 5) is 18.4. The first-order valence-corrected chi connectivity index (χ1v) is 8.24. The van der Waals surface area contributed by atoms with Crippen LogP contribution in [0.25, 0.3) is 5.82 Å². The van der Waals surface area contributed by atoms with Crippen molar-refractivity contribution in [2.24, 2.45) is 5.92 Å². The summed E-state index contributed by atoms with van der Waals surface area (Å²) in [5.41, 5.74) is 0.556. The van der Waals surface area contributed by atoms with Crippen molar-refractivity contribution in [1.29, 1.82) is 0 Å². The van der Waals surface area contributed by atoms with Gasteiger partial charge in [-0.3, -0.25) is 4.79 Å². The summed E-state index contributed by atoms with van der Waals surface area (Å²) < 4.78 is 6.15. The van der Waals surface area contributed by atoms with Gasteiger partial charge in [0.05, 0.1) is 5.92 Å². The molecule has 1 fully saturated rings. The second-order valence-corrected chi connectivity index (χ2v) is 6.06. The van der Waals surface area contributed by atoms with Crippen LogP contribution < -0.4 is 10.2 Å². The number of aromatic nitrogens is 7. The van der Waals surface area contributed by atoms with E-state index in [1.165, 1.54) is 11.0 Å². The van der Waals surface area contributed by atoms with Crippen LogP contribution in [0, 0.1) is 12.8 Å². The molecule has 0 aliphatic carbocycles. The summed E-state index contributed by atoms with van der Waals surface area (Å²) >= 11 is 0. The second kappa shape index (κ2) is 6.86. The van der Waals surface area contributed by atoms with E-state index in [1.807, 2.05) is 12.1 Å². The Morgan fingerprint density at radius 1 is 1.27 bits per heavy atom. The zero-order valence-corrected chi connectivity index (χ0v) is 14.1. The van der Waals surface area contributed by atoms with Gasteiger partial charge in [-0.05, 0) is 37.1 Å². The second-order valence-electron chi connectivity index (χ2n) is 6.06. The molecule has 3 aromatic heterocycles. The number of carbonyl (C=O) groups is 1. The molecule has 0 saturated carbocycles. The maximum Gasteiger partial charge on any atom is 0.230 e. The zero-order valence-electron chi connectivity index (χ0n) is 14.1. The fourth-order valence-corrected chi connectivity index (χ4v) is 2.90. The van der Waals surface area contributed by atoms with Gasteiger partial charge in [0.15, 0.2) is 17.5 Å². The van der Waals surface area contributed by atoms with E-state index in [2.05, 4.69) is 45.4 Å². The minimum absolute atomic E-state index is 0.0966. The van der Waals surface area contributed by atoms with Crippen LogP contribution in [0.4, 0.5) is 11.6 Å². The summed E-state index contributed by atoms with van der Waals surface area (Å²) in [5.74, 6) is 1.42. The van der Waals surface area contributed by atoms with E-state index in [4.69, 9.17) is 0 Å². The summed E-state index contributed by atoms with van der Waals surface area (Å²) in [6.45, 7) is 3.12. The number of rotatable bonds is 4.